The molecule has 0 spiro atoms. The number of benzene rings is 1. The highest BCUT2D eigenvalue weighted by Gasteiger charge is 2.12. The molecule has 1 aromatic carbocycles. The number of carboxylic acid groups (broad SMARTS) is 1. The fraction of sp³-hybridized carbons (Fsp3) is 0.273. The lowest BCUT2D eigenvalue weighted by atomic mass is 10.2. The smallest absolute Gasteiger partial charge is 0.323 e. The molecule has 1 aromatic rings. The summed E-state index contributed by atoms with van der Waals surface area (Å²) in [5, 5.41) is 12.0. The van der Waals surface area contributed by atoms with Gasteiger partial charge in [0.15, 0.2) is 5.11 Å². The molecular formula is C11H14N2O2S. The fourth-order valence-corrected chi connectivity index (χ4v) is 1.45. The summed E-state index contributed by atoms with van der Waals surface area (Å²) in [6, 6.07) is 9.62. The van der Waals surface area contributed by atoms with E-state index in [-0.39, 0.29) is 6.54 Å². The third-order valence-electron chi connectivity index (χ3n) is 2.04. The number of carboxylic acids is 1. The molecule has 0 bridgehead atoms. The normalized spacial score (nSPS) is 9.56. The second kappa shape index (κ2) is 6.07. The van der Waals surface area contributed by atoms with E-state index in [0.29, 0.717) is 11.7 Å². The van der Waals surface area contributed by atoms with Crippen molar-refractivity contribution in [2.45, 2.75) is 6.54 Å². The first-order valence-corrected chi connectivity index (χ1v) is 5.26. The Labute approximate surface area is 99.9 Å². The third-order valence-corrected chi connectivity index (χ3v) is 2.51. The van der Waals surface area contributed by atoms with Crippen LogP contribution in [-0.2, 0) is 11.3 Å². The highest BCUT2D eigenvalue weighted by molar-refractivity contribution is 7.80. The average Bonchev–Trinajstić information content (AvgIpc) is 2.28. The SMILES string of the molecule is CNC(=S)N(CC(=O)O)Cc1ccccc1. The topological polar surface area (TPSA) is 52.6 Å². The molecule has 0 unspecified atom stereocenters. The van der Waals surface area contributed by atoms with Crippen LogP contribution in [0, 0.1) is 0 Å². The van der Waals surface area contributed by atoms with Crippen LogP contribution in [-0.4, -0.2) is 34.7 Å². The second-order valence-corrected chi connectivity index (χ2v) is 3.68. The van der Waals surface area contributed by atoms with Crippen molar-refractivity contribution in [3.63, 3.8) is 0 Å². The number of nitrogens with zero attached hydrogens (tertiary/aromatic N) is 1. The molecule has 86 valence electrons. The molecule has 0 heterocycles. The number of carbonyl (C=O) groups is 1. The molecule has 0 aliphatic rings. The van der Waals surface area contributed by atoms with E-state index in [0.717, 1.165) is 5.56 Å². The Morgan fingerprint density at radius 2 is 2.06 bits per heavy atom. The lowest BCUT2D eigenvalue weighted by Crippen LogP contribution is -2.40. The van der Waals surface area contributed by atoms with Crippen molar-refractivity contribution in [3.8, 4) is 0 Å². The zero-order valence-electron chi connectivity index (χ0n) is 9.01. The van der Waals surface area contributed by atoms with Gasteiger partial charge in [0.2, 0.25) is 0 Å². The van der Waals surface area contributed by atoms with Crippen LogP contribution < -0.4 is 5.32 Å². The van der Waals surface area contributed by atoms with Crippen LogP contribution in [0.15, 0.2) is 30.3 Å². The van der Waals surface area contributed by atoms with Crippen molar-refractivity contribution in [1.29, 1.82) is 0 Å². The van der Waals surface area contributed by atoms with E-state index >= 15 is 0 Å². The van der Waals surface area contributed by atoms with Crippen LogP contribution >= 0.6 is 12.2 Å². The molecule has 0 saturated carbocycles. The molecule has 0 aliphatic heterocycles. The van der Waals surface area contributed by atoms with E-state index in [9.17, 15) is 4.79 Å². The molecule has 0 aromatic heterocycles. The molecule has 0 atom stereocenters. The molecule has 0 fully saturated rings. The van der Waals surface area contributed by atoms with Crippen molar-refractivity contribution in [2.75, 3.05) is 13.6 Å². The van der Waals surface area contributed by atoms with Gasteiger partial charge in [0.1, 0.15) is 6.54 Å². The number of nitrogens with one attached hydrogen (secondary N) is 1. The standard InChI is InChI=1S/C11H14N2O2S/c1-12-11(16)13(8-10(14)15)7-9-5-3-2-4-6-9/h2-6H,7-8H2,1H3,(H,12,16)(H,14,15). The molecular weight excluding hydrogens is 224 g/mol. The Bertz CT molecular complexity index is 368. The molecule has 1 rings (SSSR count). The van der Waals surface area contributed by atoms with Crippen LogP contribution in [0.1, 0.15) is 5.56 Å². The predicted octanol–water partition coefficient (Wildman–Crippen LogP) is 1.08. The van der Waals surface area contributed by atoms with E-state index < -0.39 is 5.97 Å². The quantitative estimate of drug-likeness (QED) is 0.769. The minimum Gasteiger partial charge on any atom is -0.480 e. The Morgan fingerprint density at radius 1 is 1.44 bits per heavy atom. The lowest BCUT2D eigenvalue weighted by Gasteiger charge is -2.22. The highest BCUT2D eigenvalue weighted by Crippen LogP contribution is 2.04. The van der Waals surface area contributed by atoms with Crippen molar-refractivity contribution < 1.29 is 9.90 Å². The Morgan fingerprint density at radius 3 is 2.56 bits per heavy atom. The monoisotopic (exact) mass is 238 g/mol. The highest BCUT2D eigenvalue weighted by atomic mass is 32.1. The molecule has 0 radical (unpaired) electrons. The molecule has 16 heavy (non-hydrogen) atoms. The maximum Gasteiger partial charge on any atom is 0.323 e. The summed E-state index contributed by atoms with van der Waals surface area (Å²) in [6.45, 7) is 0.390. The number of rotatable bonds is 4. The molecule has 0 saturated heterocycles. The van der Waals surface area contributed by atoms with E-state index in [2.05, 4.69) is 5.32 Å². The Kier molecular flexibility index (Phi) is 4.72. The summed E-state index contributed by atoms with van der Waals surface area (Å²) in [6.07, 6.45) is 0. The van der Waals surface area contributed by atoms with Crippen molar-refractivity contribution >= 4 is 23.3 Å². The molecule has 5 heteroatoms. The van der Waals surface area contributed by atoms with Gasteiger partial charge in [-0.15, -0.1) is 0 Å². The number of hydrogen-bond acceptors (Lipinski definition) is 2. The zero-order chi connectivity index (χ0) is 12.0. The van der Waals surface area contributed by atoms with Gasteiger partial charge in [-0.1, -0.05) is 30.3 Å². The summed E-state index contributed by atoms with van der Waals surface area (Å²) < 4.78 is 0. The van der Waals surface area contributed by atoms with E-state index in [1.54, 1.807) is 11.9 Å². The van der Waals surface area contributed by atoms with Gasteiger partial charge in [0.25, 0.3) is 0 Å². The summed E-state index contributed by atoms with van der Waals surface area (Å²) in [5.41, 5.74) is 1.03. The third kappa shape index (κ3) is 3.86. The van der Waals surface area contributed by atoms with Crippen LogP contribution in [0.25, 0.3) is 0 Å². The van der Waals surface area contributed by atoms with Crippen LogP contribution in [0.3, 0.4) is 0 Å². The largest absolute Gasteiger partial charge is 0.480 e. The maximum absolute atomic E-state index is 10.7. The maximum atomic E-state index is 10.7. The average molecular weight is 238 g/mol. The van der Waals surface area contributed by atoms with Gasteiger partial charge >= 0.3 is 5.97 Å². The van der Waals surface area contributed by atoms with Gasteiger partial charge < -0.3 is 15.3 Å². The first-order chi connectivity index (χ1) is 7.63. The second-order valence-electron chi connectivity index (χ2n) is 3.29. The van der Waals surface area contributed by atoms with Gasteiger partial charge in [0.05, 0.1) is 0 Å². The van der Waals surface area contributed by atoms with E-state index in [1.807, 2.05) is 30.3 Å². The molecule has 0 aliphatic carbocycles. The summed E-state index contributed by atoms with van der Waals surface area (Å²) in [5.74, 6) is -0.895. The van der Waals surface area contributed by atoms with Crippen LogP contribution in [0.2, 0.25) is 0 Å². The summed E-state index contributed by atoms with van der Waals surface area (Å²) in [4.78, 5) is 12.3. The van der Waals surface area contributed by atoms with Crippen molar-refractivity contribution in [2.24, 2.45) is 0 Å². The van der Waals surface area contributed by atoms with Crippen molar-refractivity contribution in [3.05, 3.63) is 35.9 Å². The van der Waals surface area contributed by atoms with E-state index in [1.165, 1.54) is 0 Å². The first kappa shape index (κ1) is 12.4. The van der Waals surface area contributed by atoms with Crippen LogP contribution in [0.4, 0.5) is 0 Å². The summed E-state index contributed by atoms with van der Waals surface area (Å²) >= 11 is 5.05. The first-order valence-electron chi connectivity index (χ1n) is 4.86. The lowest BCUT2D eigenvalue weighted by molar-refractivity contribution is -0.137. The fourth-order valence-electron chi connectivity index (χ4n) is 1.32. The van der Waals surface area contributed by atoms with Gasteiger partial charge in [-0.05, 0) is 17.8 Å². The summed E-state index contributed by atoms with van der Waals surface area (Å²) in [7, 11) is 1.68. The van der Waals surface area contributed by atoms with E-state index in [4.69, 9.17) is 17.3 Å². The number of thiocarbonyl (C=S) groups is 1. The predicted molar refractivity (Wildman–Crippen MR) is 66.1 cm³/mol. The van der Waals surface area contributed by atoms with Crippen LogP contribution in [0.5, 0.6) is 0 Å². The molecule has 2 N–H and O–H groups in total. The Hall–Kier alpha value is -1.62. The number of hydrogen-bond donors (Lipinski definition) is 2. The molecule has 0 amide bonds. The van der Waals surface area contributed by atoms with Gasteiger partial charge in [-0.2, -0.15) is 0 Å². The number of aliphatic carboxylic acids is 1. The van der Waals surface area contributed by atoms with Gasteiger partial charge in [-0.25, -0.2) is 0 Å². The minimum absolute atomic E-state index is 0.103. The zero-order valence-corrected chi connectivity index (χ0v) is 9.83. The van der Waals surface area contributed by atoms with Gasteiger partial charge in [0, 0.05) is 13.6 Å². The minimum atomic E-state index is -0.895. The van der Waals surface area contributed by atoms with Crippen molar-refractivity contribution in [1.82, 2.24) is 10.2 Å². The Balaban J connectivity index is 2.70. The molecule has 4 nitrogen and oxygen atoms in total. The van der Waals surface area contributed by atoms with Gasteiger partial charge in [-0.3, -0.25) is 4.79 Å².